The maximum Gasteiger partial charge on any atom is 0.218 e. The molecule has 2 heterocycles. The van der Waals surface area contributed by atoms with Crippen LogP contribution in [-0.4, -0.2) is 25.1 Å². The summed E-state index contributed by atoms with van der Waals surface area (Å²) in [6, 6.07) is 1.32. The van der Waals surface area contributed by atoms with Crippen LogP contribution in [-0.2, 0) is 6.42 Å². The highest BCUT2D eigenvalue weighted by Gasteiger charge is 2.23. The van der Waals surface area contributed by atoms with Crippen molar-refractivity contribution in [2.45, 2.75) is 33.6 Å². The van der Waals surface area contributed by atoms with Gasteiger partial charge in [-0.25, -0.2) is 28.1 Å². The normalized spacial score (nSPS) is 12.4. The number of hydrogen-bond donors (Lipinski definition) is 1. The lowest BCUT2D eigenvalue weighted by Gasteiger charge is -2.16. The van der Waals surface area contributed by atoms with Crippen LogP contribution in [0, 0.1) is 30.3 Å². The molecule has 0 aliphatic heterocycles. The molecule has 5 nitrogen and oxygen atoms in total. The number of H-pyrrole nitrogens is 1. The quantitative estimate of drug-likeness (QED) is 0.738. The molecule has 0 saturated carbocycles. The van der Waals surface area contributed by atoms with Crippen molar-refractivity contribution in [3.63, 3.8) is 0 Å². The maximum absolute atomic E-state index is 14.4. The van der Waals surface area contributed by atoms with Gasteiger partial charge >= 0.3 is 0 Å². The highest BCUT2D eigenvalue weighted by molar-refractivity contribution is 5.70. The molecule has 1 unspecified atom stereocenters. The van der Waals surface area contributed by atoms with E-state index in [9.17, 15) is 13.2 Å². The molecule has 0 bridgehead atoms. The number of rotatable bonds is 5. The Morgan fingerprint density at radius 2 is 1.73 bits per heavy atom. The maximum atomic E-state index is 14.4. The van der Waals surface area contributed by atoms with Crippen LogP contribution < -0.4 is 0 Å². The van der Waals surface area contributed by atoms with Gasteiger partial charge in [-0.05, 0) is 19.3 Å². The van der Waals surface area contributed by atoms with Crippen molar-refractivity contribution in [3.05, 3.63) is 47.3 Å². The zero-order chi connectivity index (χ0) is 18.8. The first kappa shape index (κ1) is 18.0. The summed E-state index contributed by atoms with van der Waals surface area (Å²) in [6.07, 6.45) is 2.76. The largest absolute Gasteiger partial charge is 0.265 e. The number of aromatic amines is 1. The van der Waals surface area contributed by atoms with Crippen molar-refractivity contribution in [2.75, 3.05) is 0 Å². The predicted octanol–water partition coefficient (Wildman–Crippen LogP) is 4.24. The molecule has 3 rings (SSSR count). The Balaban J connectivity index is 2.24. The van der Waals surface area contributed by atoms with Gasteiger partial charge < -0.3 is 0 Å². The molecular weight excluding hydrogens is 343 g/mol. The van der Waals surface area contributed by atoms with Crippen LogP contribution in [0.5, 0.6) is 0 Å². The van der Waals surface area contributed by atoms with Gasteiger partial charge in [0.2, 0.25) is 5.82 Å². The van der Waals surface area contributed by atoms with E-state index in [1.807, 2.05) is 13.8 Å². The molecule has 1 N–H and O–H groups in total. The molecule has 8 heteroatoms. The molecule has 0 amide bonds. The average molecular weight is 361 g/mol. The summed E-state index contributed by atoms with van der Waals surface area (Å²) >= 11 is 0. The van der Waals surface area contributed by atoms with E-state index in [0.29, 0.717) is 35.8 Å². The molecule has 0 aliphatic carbocycles. The fourth-order valence-electron chi connectivity index (χ4n) is 2.78. The zero-order valence-electron chi connectivity index (χ0n) is 14.6. The van der Waals surface area contributed by atoms with Gasteiger partial charge in [-0.2, -0.15) is 5.10 Å². The van der Waals surface area contributed by atoms with E-state index in [1.165, 1.54) is 6.33 Å². The first-order valence-electron chi connectivity index (χ1n) is 8.29. The second-order valence-corrected chi connectivity index (χ2v) is 6.24. The Bertz CT molecular complexity index is 902. The zero-order valence-corrected chi connectivity index (χ0v) is 14.6. The molecule has 0 saturated heterocycles. The smallest absolute Gasteiger partial charge is 0.218 e. The lowest BCUT2D eigenvalue weighted by atomic mass is 9.94. The molecule has 0 radical (unpaired) electrons. The Morgan fingerprint density at radius 1 is 1.04 bits per heavy atom. The van der Waals surface area contributed by atoms with Gasteiger partial charge in [0.25, 0.3) is 0 Å². The summed E-state index contributed by atoms with van der Waals surface area (Å²) in [6.45, 7) is 5.67. The highest BCUT2D eigenvalue weighted by Crippen LogP contribution is 2.33. The van der Waals surface area contributed by atoms with Gasteiger partial charge in [-0.15, -0.1) is 0 Å². The Hall–Kier alpha value is -2.77. The Kier molecular flexibility index (Phi) is 5.01. The number of nitrogens with one attached hydrogen (secondary N) is 1. The first-order valence-corrected chi connectivity index (χ1v) is 8.29. The van der Waals surface area contributed by atoms with E-state index in [1.54, 1.807) is 6.92 Å². The van der Waals surface area contributed by atoms with Gasteiger partial charge in [0, 0.05) is 23.4 Å². The molecule has 1 aromatic carbocycles. The fraction of sp³-hybridized carbons (Fsp3) is 0.333. The molecule has 0 spiro atoms. The van der Waals surface area contributed by atoms with Crippen molar-refractivity contribution in [3.8, 4) is 22.8 Å². The molecule has 0 aliphatic rings. The minimum atomic E-state index is -0.981. The summed E-state index contributed by atoms with van der Waals surface area (Å²) < 4.78 is 42.1. The molecule has 136 valence electrons. The van der Waals surface area contributed by atoms with Gasteiger partial charge in [-0.3, -0.25) is 5.10 Å². The molecule has 2 aromatic heterocycles. The summed E-state index contributed by atoms with van der Waals surface area (Å²) in [5, 5.41) is 6.55. The van der Waals surface area contributed by atoms with Gasteiger partial charge in [0.05, 0.1) is 11.3 Å². The van der Waals surface area contributed by atoms with Gasteiger partial charge in [0.15, 0.2) is 5.82 Å². The average Bonchev–Trinajstić information content (AvgIpc) is 3.10. The number of benzene rings is 1. The first-order chi connectivity index (χ1) is 12.4. The van der Waals surface area contributed by atoms with E-state index >= 15 is 0 Å². The van der Waals surface area contributed by atoms with Crippen LogP contribution in [0.1, 0.15) is 31.7 Å². The molecule has 3 aromatic rings. The van der Waals surface area contributed by atoms with Gasteiger partial charge in [-0.1, -0.05) is 20.3 Å². The molecule has 26 heavy (non-hydrogen) atoms. The van der Waals surface area contributed by atoms with E-state index < -0.39 is 17.5 Å². The van der Waals surface area contributed by atoms with Gasteiger partial charge in [0.1, 0.15) is 23.8 Å². The lowest BCUT2D eigenvalue weighted by molar-refractivity contribution is 0.541. The van der Waals surface area contributed by atoms with Crippen LogP contribution in [0.3, 0.4) is 0 Å². The highest BCUT2D eigenvalue weighted by atomic mass is 19.1. The van der Waals surface area contributed by atoms with E-state index in [-0.39, 0.29) is 22.9 Å². The predicted molar refractivity (Wildman–Crippen MR) is 90.6 cm³/mol. The molecule has 1 atom stereocenters. The van der Waals surface area contributed by atoms with Crippen LogP contribution in [0.25, 0.3) is 22.8 Å². The summed E-state index contributed by atoms with van der Waals surface area (Å²) in [5.74, 6) is -2.13. The second kappa shape index (κ2) is 7.23. The van der Waals surface area contributed by atoms with Crippen LogP contribution in [0.15, 0.2) is 18.5 Å². The number of aromatic nitrogens is 5. The summed E-state index contributed by atoms with van der Waals surface area (Å²) in [5.41, 5.74) is 0.793. The van der Waals surface area contributed by atoms with Crippen molar-refractivity contribution >= 4 is 0 Å². The van der Waals surface area contributed by atoms with Crippen molar-refractivity contribution in [2.24, 2.45) is 5.92 Å². The van der Waals surface area contributed by atoms with E-state index in [4.69, 9.17) is 0 Å². The molecular formula is C18H18F3N5. The van der Waals surface area contributed by atoms with E-state index in [2.05, 4.69) is 25.1 Å². The van der Waals surface area contributed by atoms with Crippen molar-refractivity contribution in [1.82, 2.24) is 25.1 Å². The minimum absolute atomic E-state index is 0.231. The number of aryl methyl sites for hydroxylation is 1. The van der Waals surface area contributed by atoms with E-state index in [0.717, 1.165) is 6.42 Å². The van der Waals surface area contributed by atoms with Crippen LogP contribution in [0.2, 0.25) is 0 Å². The third-order valence-electron chi connectivity index (χ3n) is 4.28. The minimum Gasteiger partial charge on any atom is -0.265 e. The van der Waals surface area contributed by atoms with Crippen molar-refractivity contribution < 1.29 is 13.2 Å². The van der Waals surface area contributed by atoms with Crippen LogP contribution >= 0.6 is 0 Å². The molecule has 0 fully saturated rings. The number of nitrogens with zero attached hydrogens (tertiary/aromatic N) is 4. The Morgan fingerprint density at radius 3 is 2.31 bits per heavy atom. The topological polar surface area (TPSA) is 67.3 Å². The number of hydrogen-bond acceptors (Lipinski definition) is 4. The SMILES string of the molecule is CCC(C)Cc1nc(-c2nc[nH]n2)nc(C)c1-c1c(F)cc(F)cc1F. The lowest BCUT2D eigenvalue weighted by Crippen LogP contribution is -2.09. The third-order valence-corrected chi connectivity index (χ3v) is 4.28. The third kappa shape index (κ3) is 3.44. The fourth-order valence-corrected chi connectivity index (χ4v) is 2.78. The Labute approximate surface area is 148 Å². The summed E-state index contributed by atoms with van der Waals surface area (Å²) in [7, 11) is 0. The van der Waals surface area contributed by atoms with Crippen molar-refractivity contribution in [1.29, 1.82) is 0 Å². The standard InChI is InChI=1S/C18H18F3N5/c1-4-9(2)5-14-15(16-12(20)6-11(19)7-13(16)21)10(3)24-18(25-14)17-22-8-23-26-17/h6-9H,4-5H2,1-3H3,(H,22,23,26). The number of halogens is 3. The summed E-state index contributed by atoms with van der Waals surface area (Å²) in [4.78, 5) is 12.8. The second-order valence-electron chi connectivity index (χ2n) is 6.24. The van der Waals surface area contributed by atoms with Crippen LogP contribution in [0.4, 0.5) is 13.2 Å². The monoisotopic (exact) mass is 361 g/mol.